The first-order valence-electron chi connectivity index (χ1n) is 4.74. The van der Waals surface area contributed by atoms with Gasteiger partial charge in [0, 0.05) is 10.6 Å². The maximum Gasteiger partial charge on any atom is 0.0592 e. The highest BCUT2D eigenvalue weighted by atomic mass is 35.5. The molecule has 13 heavy (non-hydrogen) atoms. The molecule has 0 saturated carbocycles. The summed E-state index contributed by atoms with van der Waals surface area (Å²) in [6, 6.07) is 0. The van der Waals surface area contributed by atoms with Gasteiger partial charge >= 0.3 is 0 Å². The first kappa shape index (κ1) is 13.6. The standard InChI is InChI=1S/C10H23ClOS/c1-10(2,3)13(4,5)12-9-7-6-8-11/h6-9H2,1-5H3. The third-order valence-corrected chi connectivity index (χ3v) is 6.35. The molecule has 0 rings (SSSR count). The van der Waals surface area contributed by atoms with E-state index in [0.29, 0.717) is 0 Å². The average Bonchev–Trinajstić information content (AvgIpc) is 1.96. The van der Waals surface area contributed by atoms with Crippen molar-refractivity contribution < 1.29 is 4.18 Å². The molecule has 0 aliphatic rings. The number of hydrogen-bond donors (Lipinski definition) is 0. The molecule has 0 atom stereocenters. The molecule has 0 heterocycles. The van der Waals surface area contributed by atoms with Gasteiger partial charge in [-0.3, -0.25) is 0 Å². The van der Waals surface area contributed by atoms with E-state index in [1.807, 2.05) is 0 Å². The average molecular weight is 227 g/mol. The van der Waals surface area contributed by atoms with E-state index in [2.05, 4.69) is 33.3 Å². The van der Waals surface area contributed by atoms with Gasteiger partial charge in [-0.1, -0.05) is 20.8 Å². The van der Waals surface area contributed by atoms with E-state index in [9.17, 15) is 0 Å². The van der Waals surface area contributed by atoms with Crippen LogP contribution in [0.4, 0.5) is 0 Å². The molecule has 0 saturated heterocycles. The third kappa shape index (κ3) is 5.14. The summed E-state index contributed by atoms with van der Waals surface area (Å²) in [5.74, 6) is 0.745. The van der Waals surface area contributed by atoms with E-state index in [-0.39, 0.29) is 4.75 Å². The Bertz CT molecular complexity index is 140. The van der Waals surface area contributed by atoms with Gasteiger partial charge in [0.15, 0.2) is 0 Å². The summed E-state index contributed by atoms with van der Waals surface area (Å²) in [6.07, 6.45) is 6.60. The SMILES string of the molecule is CC(C)(C)S(C)(C)OCCCCCl. The van der Waals surface area contributed by atoms with Crippen molar-refractivity contribution in [2.75, 3.05) is 25.0 Å². The molecule has 0 aromatic heterocycles. The molecule has 0 aromatic rings. The topological polar surface area (TPSA) is 9.23 Å². The minimum atomic E-state index is -0.921. The van der Waals surface area contributed by atoms with E-state index >= 15 is 0 Å². The summed E-state index contributed by atoms with van der Waals surface area (Å²) < 4.78 is 6.19. The molecule has 0 fully saturated rings. The predicted octanol–water partition coefficient (Wildman–Crippen LogP) is 3.80. The van der Waals surface area contributed by atoms with Gasteiger partial charge < -0.3 is 4.18 Å². The molecule has 0 bridgehead atoms. The van der Waals surface area contributed by atoms with E-state index in [1.165, 1.54) is 0 Å². The molecular formula is C10H23ClOS. The second-order valence-corrected chi connectivity index (χ2v) is 8.87. The largest absolute Gasteiger partial charge is 0.337 e. The number of unbranched alkanes of at least 4 members (excludes halogenated alkanes) is 1. The maximum absolute atomic E-state index is 5.92. The smallest absolute Gasteiger partial charge is 0.0592 e. The Morgan fingerprint density at radius 2 is 1.69 bits per heavy atom. The fraction of sp³-hybridized carbons (Fsp3) is 1.00. The normalized spacial score (nSPS) is 14.6. The lowest BCUT2D eigenvalue weighted by Gasteiger charge is -2.43. The molecule has 0 unspecified atom stereocenters. The van der Waals surface area contributed by atoms with Crippen LogP contribution in [-0.2, 0) is 4.18 Å². The number of halogens is 1. The van der Waals surface area contributed by atoms with Crippen LogP contribution >= 0.6 is 21.9 Å². The summed E-state index contributed by atoms with van der Waals surface area (Å²) >= 11 is 5.59. The molecule has 82 valence electrons. The van der Waals surface area contributed by atoms with Gasteiger partial charge in [0.1, 0.15) is 0 Å². The lowest BCUT2D eigenvalue weighted by Crippen LogP contribution is -2.25. The van der Waals surface area contributed by atoms with Crippen molar-refractivity contribution in [1.29, 1.82) is 0 Å². The van der Waals surface area contributed by atoms with Crippen LogP contribution in [0.3, 0.4) is 0 Å². The third-order valence-electron chi connectivity index (χ3n) is 2.38. The van der Waals surface area contributed by atoms with Crippen molar-refractivity contribution in [3.8, 4) is 0 Å². The highest BCUT2D eigenvalue weighted by Crippen LogP contribution is 2.53. The maximum atomic E-state index is 5.92. The van der Waals surface area contributed by atoms with Crippen molar-refractivity contribution in [2.45, 2.75) is 38.4 Å². The Labute approximate surface area is 89.7 Å². The molecule has 1 nitrogen and oxygen atoms in total. The molecule has 0 spiro atoms. The van der Waals surface area contributed by atoms with Gasteiger partial charge in [-0.2, -0.15) is 0 Å². The lowest BCUT2D eigenvalue weighted by molar-refractivity contribution is 0.340. The summed E-state index contributed by atoms with van der Waals surface area (Å²) in [7, 11) is -0.921. The van der Waals surface area contributed by atoms with Gasteiger partial charge in [0.05, 0.1) is 6.61 Å². The Morgan fingerprint density at radius 3 is 2.08 bits per heavy atom. The first-order valence-corrected chi connectivity index (χ1v) is 7.65. The molecule has 0 N–H and O–H groups in total. The van der Waals surface area contributed by atoms with Crippen LogP contribution in [0.2, 0.25) is 0 Å². The molecule has 0 aliphatic carbocycles. The highest BCUT2D eigenvalue weighted by Gasteiger charge is 2.28. The Hall–Kier alpha value is 0.600. The fourth-order valence-corrected chi connectivity index (χ4v) is 1.72. The lowest BCUT2D eigenvalue weighted by atomic mass is 10.3. The van der Waals surface area contributed by atoms with Crippen LogP contribution in [-0.4, -0.2) is 29.7 Å². The van der Waals surface area contributed by atoms with Crippen molar-refractivity contribution in [2.24, 2.45) is 0 Å². The van der Waals surface area contributed by atoms with Gasteiger partial charge in [-0.25, -0.2) is 0 Å². The highest BCUT2D eigenvalue weighted by molar-refractivity contribution is 8.29. The molecule has 0 amide bonds. The quantitative estimate of drug-likeness (QED) is 0.512. The van der Waals surface area contributed by atoms with Crippen molar-refractivity contribution >= 4 is 21.9 Å². The summed E-state index contributed by atoms with van der Waals surface area (Å²) in [6.45, 7) is 7.57. The van der Waals surface area contributed by atoms with Crippen molar-refractivity contribution in [3.05, 3.63) is 0 Å². The molecule has 3 heteroatoms. The molecule has 0 radical (unpaired) electrons. The zero-order valence-corrected chi connectivity index (χ0v) is 11.1. The van der Waals surface area contributed by atoms with Crippen LogP contribution in [0.1, 0.15) is 33.6 Å². The van der Waals surface area contributed by atoms with Crippen LogP contribution in [0.5, 0.6) is 0 Å². The Balaban J connectivity index is 3.77. The van der Waals surface area contributed by atoms with Crippen molar-refractivity contribution in [3.63, 3.8) is 0 Å². The number of hydrogen-bond acceptors (Lipinski definition) is 1. The second kappa shape index (κ2) is 5.47. The Morgan fingerprint density at radius 1 is 1.15 bits per heavy atom. The van der Waals surface area contributed by atoms with Crippen LogP contribution in [0.15, 0.2) is 0 Å². The molecular weight excluding hydrogens is 204 g/mol. The van der Waals surface area contributed by atoms with E-state index in [0.717, 1.165) is 25.3 Å². The zero-order valence-electron chi connectivity index (χ0n) is 9.52. The summed E-state index contributed by atoms with van der Waals surface area (Å²) in [5, 5.41) is 0. The van der Waals surface area contributed by atoms with Crippen LogP contribution < -0.4 is 0 Å². The minimum absolute atomic E-state index is 0.272. The molecule has 0 aliphatic heterocycles. The van der Waals surface area contributed by atoms with Crippen LogP contribution in [0.25, 0.3) is 0 Å². The van der Waals surface area contributed by atoms with Gasteiger partial charge in [0.25, 0.3) is 0 Å². The second-order valence-electron chi connectivity index (χ2n) is 4.56. The number of rotatable bonds is 5. The number of alkyl halides is 1. The zero-order chi connectivity index (χ0) is 10.5. The van der Waals surface area contributed by atoms with E-state index in [4.69, 9.17) is 15.8 Å². The fourth-order valence-electron chi connectivity index (χ4n) is 0.641. The monoisotopic (exact) mass is 226 g/mol. The van der Waals surface area contributed by atoms with E-state index < -0.39 is 10.3 Å². The van der Waals surface area contributed by atoms with Crippen molar-refractivity contribution in [1.82, 2.24) is 0 Å². The molecule has 0 aromatic carbocycles. The first-order chi connectivity index (χ1) is 5.81. The van der Waals surface area contributed by atoms with Gasteiger partial charge in [-0.05, 0) is 25.4 Å². The Kier molecular flexibility index (Phi) is 5.73. The van der Waals surface area contributed by atoms with Crippen LogP contribution in [0, 0.1) is 0 Å². The summed E-state index contributed by atoms with van der Waals surface area (Å²) in [5.41, 5.74) is 0. The summed E-state index contributed by atoms with van der Waals surface area (Å²) in [4.78, 5) is 0. The van der Waals surface area contributed by atoms with Gasteiger partial charge in [0.2, 0.25) is 0 Å². The minimum Gasteiger partial charge on any atom is -0.337 e. The predicted molar refractivity (Wildman–Crippen MR) is 65.1 cm³/mol. The van der Waals surface area contributed by atoms with E-state index in [1.54, 1.807) is 0 Å². The van der Waals surface area contributed by atoms with Gasteiger partial charge in [-0.15, -0.1) is 21.9 Å².